The lowest BCUT2D eigenvalue weighted by Crippen LogP contribution is -2.00. The molecule has 4 nitrogen and oxygen atoms in total. The molecule has 0 heterocycles. The molecule has 0 saturated heterocycles. The van der Waals surface area contributed by atoms with Crippen molar-refractivity contribution in [2.45, 2.75) is 6.54 Å². The minimum absolute atomic E-state index is 0.00687. The van der Waals surface area contributed by atoms with Gasteiger partial charge >= 0.3 is 0 Å². The predicted molar refractivity (Wildman–Crippen MR) is 73.1 cm³/mol. The average molecular weight is 272 g/mol. The number of phenolic OH excluding ortho intramolecular Hbond substituents is 1. The molecule has 0 atom stereocenters. The van der Waals surface area contributed by atoms with Crippen LogP contribution in [0, 0.1) is 17.1 Å². The van der Waals surface area contributed by atoms with Crippen LogP contribution in [-0.4, -0.2) is 12.2 Å². The van der Waals surface area contributed by atoms with Crippen molar-refractivity contribution >= 4 is 5.69 Å². The Hall–Kier alpha value is -2.74. The van der Waals surface area contributed by atoms with Crippen molar-refractivity contribution < 1.29 is 14.2 Å². The standard InChI is InChI=1S/C15H13FN2O2/c1-20-15-5-2-10(6-14(15)19)9-18-12-3-4-13(16)11(7-12)8-17/h2-7,18-19H,9H2,1H3. The summed E-state index contributed by atoms with van der Waals surface area (Å²) in [5.41, 5.74) is 1.47. The molecule has 20 heavy (non-hydrogen) atoms. The normalized spacial score (nSPS) is 9.85. The molecule has 0 aliphatic heterocycles. The first-order valence-corrected chi connectivity index (χ1v) is 5.93. The van der Waals surface area contributed by atoms with Gasteiger partial charge in [0.05, 0.1) is 12.7 Å². The highest BCUT2D eigenvalue weighted by Crippen LogP contribution is 2.26. The minimum atomic E-state index is -0.542. The van der Waals surface area contributed by atoms with Gasteiger partial charge in [0.25, 0.3) is 0 Å². The number of nitrogens with one attached hydrogen (secondary N) is 1. The van der Waals surface area contributed by atoms with E-state index in [9.17, 15) is 9.50 Å². The minimum Gasteiger partial charge on any atom is -0.504 e. The van der Waals surface area contributed by atoms with Gasteiger partial charge in [0.15, 0.2) is 11.5 Å². The molecule has 0 unspecified atom stereocenters. The van der Waals surface area contributed by atoms with E-state index in [0.717, 1.165) is 5.56 Å². The van der Waals surface area contributed by atoms with E-state index in [1.807, 2.05) is 0 Å². The molecule has 2 aromatic carbocycles. The molecule has 2 rings (SSSR count). The second-order valence-corrected chi connectivity index (χ2v) is 4.17. The molecule has 0 radical (unpaired) electrons. The summed E-state index contributed by atoms with van der Waals surface area (Å²) in [4.78, 5) is 0. The summed E-state index contributed by atoms with van der Waals surface area (Å²) < 4.78 is 18.1. The van der Waals surface area contributed by atoms with E-state index in [4.69, 9.17) is 10.00 Å². The summed E-state index contributed by atoms with van der Waals surface area (Å²) in [6.07, 6.45) is 0. The molecule has 0 fully saturated rings. The van der Waals surface area contributed by atoms with Crippen LogP contribution in [0.25, 0.3) is 0 Å². The van der Waals surface area contributed by atoms with Gasteiger partial charge in [-0.25, -0.2) is 4.39 Å². The number of aromatic hydroxyl groups is 1. The fourth-order valence-corrected chi connectivity index (χ4v) is 1.77. The zero-order chi connectivity index (χ0) is 14.5. The van der Waals surface area contributed by atoms with Crippen molar-refractivity contribution in [3.63, 3.8) is 0 Å². The number of hydrogen-bond donors (Lipinski definition) is 2. The smallest absolute Gasteiger partial charge is 0.160 e. The van der Waals surface area contributed by atoms with Crippen LogP contribution in [0.15, 0.2) is 36.4 Å². The molecule has 102 valence electrons. The topological polar surface area (TPSA) is 65.3 Å². The average Bonchev–Trinajstić information content (AvgIpc) is 2.46. The third-order valence-electron chi connectivity index (χ3n) is 2.83. The molecule has 0 aliphatic carbocycles. The molecule has 0 spiro atoms. The van der Waals surface area contributed by atoms with Crippen molar-refractivity contribution in [3.8, 4) is 17.6 Å². The van der Waals surface area contributed by atoms with Crippen LogP contribution in [0.2, 0.25) is 0 Å². The summed E-state index contributed by atoms with van der Waals surface area (Å²) in [7, 11) is 1.48. The SMILES string of the molecule is COc1ccc(CNc2ccc(F)c(C#N)c2)cc1O. The van der Waals surface area contributed by atoms with E-state index < -0.39 is 5.82 Å². The van der Waals surface area contributed by atoms with E-state index in [-0.39, 0.29) is 11.3 Å². The second-order valence-electron chi connectivity index (χ2n) is 4.17. The van der Waals surface area contributed by atoms with Crippen molar-refractivity contribution in [2.75, 3.05) is 12.4 Å². The number of phenols is 1. The van der Waals surface area contributed by atoms with E-state index in [1.54, 1.807) is 30.3 Å². The summed E-state index contributed by atoms with van der Waals surface area (Å²) in [5.74, 6) is -0.0777. The maximum absolute atomic E-state index is 13.2. The summed E-state index contributed by atoms with van der Waals surface area (Å²) in [5, 5.41) is 21.5. The Morgan fingerprint density at radius 2 is 2.10 bits per heavy atom. The van der Waals surface area contributed by atoms with Crippen molar-refractivity contribution in [1.29, 1.82) is 5.26 Å². The highest BCUT2D eigenvalue weighted by atomic mass is 19.1. The van der Waals surface area contributed by atoms with Crippen molar-refractivity contribution in [1.82, 2.24) is 0 Å². The Kier molecular flexibility index (Phi) is 4.06. The number of benzene rings is 2. The quantitative estimate of drug-likeness (QED) is 0.898. The van der Waals surface area contributed by atoms with Gasteiger partial charge in [0.2, 0.25) is 0 Å². The van der Waals surface area contributed by atoms with Gasteiger partial charge in [0, 0.05) is 12.2 Å². The van der Waals surface area contributed by atoms with Gasteiger partial charge < -0.3 is 15.2 Å². The molecular weight excluding hydrogens is 259 g/mol. The van der Waals surface area contributed by atoms with Crippen LogP contribution in [0.1, 0.15) is 11.1 Å². The zero-order valence-electron chi connectivity index (χ0n) is 10.9. The maximum Gasteiger partial charge on any atom is 0.160 e. The third-order valence-corrected chi connectivity index (χ3v) is 2.83. The van der Waals surface area contributed by atoms with E-state index in [0.29, 0.717) is 18.0 Å². The molecule has 0 amide bonds. The van der Waals surface area contributed by atoms with Gasteiger partial charge in [-0.15, -0.1) is 0 Å². The zero-order valence-corrected chi connectivity index (χ0v) is 10.9. The second kappa shape index (κ2) is 5.93. The lowest BCUT2D eigenvalue weighted by molar-refractivity contribution is 0.373. The Balaban J connectivity index is 2.09. The van der Waals surface area contributed by atoms with Crippen LogP contribution in [0.4, 0.5) is 10.1 Å². The van der Waals surface area contributed by atoms with Crippen molar-refractivity contribution in [3.05, 3.63) is 53.3 Å². The molecule has 0 saturated carbocycles. The molecule has 0 aromatic heterocycles. The number of nitriles is 1. The third kappa shape index (κ3) is 2.98. The van der Waals surface area contributed by atoms with Crippen LogP contribution in [0.3, 0.4) is 0 Å². The number of halogens is 1. The fraction of sp³-hybridized carbons (Fsp3) is 0.133. The summed E-state index contributed by atoms with van der Waals surface area (Å²) >= 11 is 0. The highest BCUT2D eigenvalue weighted by molar-refractivity contribution is 5.50. The number of hydrogen-bond acceptors (Lipinski definition) is 4. The van der Waals surface area contributed by atoms with Gasteiger partial charge in [0.1, 0.15) is 11.9 Å². The molecule has 2 aromatic rings. The maximum atomic E-state index is 13.2. The van der Waals surface area contributed by atoms with Crippen LogP contribution in [-0.2, 0) is 6.54 Å². The molecule has 5 heteroatoms. The number of nitrogens with zero attached hydrogens (tertiary/aromatic N) is 1. The number of rotatable bonds is 4. The molecule has 0 aliphatic rings. The van der Waals surface area contributed by atoms with Gasteiger partial charge in [-0.1, -0.05) is 6.07 Å². The Labute approximate surface area is 116 Å². The van der Waals surface area contributed by atoms with E-state index >= 15 is 0 Å². The van der Waals surface area contributed by atoms with Crippen LogP contribution in [0.5, 0.6) is 11.5 Å². The number of ether oxygens (including phenoxy) is 1. The lowest BCUT2D eigenvalue weighted by Gasteiger charge is -2.09. The molecule has 0 bridgehead atoms. The van der Waals surface area contributed by atoms with Crippen LogP contribution < -0.4 is 10.1 Å². The first kappa shape index (κ1) is 13.7. The van der Waals surface area contributed by atoms with Crippen LogP contribution >= 0.6 is 0 Å². The Bertz CT molecular complexity index is 665. The lowest BCUT2D eigenvalue weighted by atomic mass is 10.1. The largest absolute Gasteiger partial charge is 0.504 e. The Morgan fingerprint density at radius 3 is 2.75 bits per heavy atom. The van der Waals surface area contributed by atoms with Crippen molar-refractivity contribution in [2.24, 2.45) is 0 Å². The molecular formula is C15H13FN2O2. The Morgan fingerprint density at radius 1 is 1.30 bits per heavy atom. The summed E-state index contributed by atoms with van der Waals surface area (Å²) in [6.45, 7) is 0.439. The number of methoxy groups -OCH3 is 1. The summed E-state index contributed by atoms with van der Waals surface area (Å²) in [6, 6.07) is 11.1. The number of anilines is 1. The van der Waals surface area contributed by atoms with Gasteiger partial charge in [-0.2, -0.15) is 5.26 Å². The van der Waals surface area contributed by atoms with Gasteiger partial charge in [-0.3, -0.25) is 0 Å². The van der Waals surface area contributed by atoms with E-state index in [1.165, 1.54) is 19.2 Å². The first-order valence-electron chi connectivity index (χ1n) is 5.93. The molecule has 2 N–H and O–H groups in total. The fourth-order valence-electron chi connectivity index (χ4n) is 1.77. The first-order chi connectivity index (χ1) is 9.63. The van der Waals surface area contributed by atoms with Gasteiger partial charge in [-0.05, 0) is 35.9 Å². The predicted octanol–water partition coefficient (Wildman–Crippen LogP) is 3.02. The highest BCUT2D eigenvalue weighted by Gasteiger charge is 2.04. The monoisotopic (exact) mass is 272 g/mol. The van der Waals surface area contributed by atoms with E-state index in [2.05, 4.69) is 5.32 Å².